The first-order valence-electron chi connectivity index (χ1n) is 4.92. The number of amides is 1. The Bertz CT molecular complexity index is 337. The molecule has 0 unspecified atom stereocenters. The molecule has 0 bridgehead atoms. The second-order valence-corrected chi connectivity index (χ2v) is 5.05. The van der Waals surface area contributed by atoms with Crippen LogP contribution in [0.5, 0.6) is 0 Å². The number of halogens is 1. The van der Waals surface area contributed by atoms with E-state index >= 15 is 0 Å². The van der Waals surface area contributed by atoms with E-state index in [1.807, 2.05) is 20.8 Å². The zero-order chi connectivity index (χ0) is 12.9. The first-order valence-corrected chi connectivity index (χ1v) is 5.30. The molecule has 0 aromatic heterocycles. The van der Waals surface area contributed by atoms with E-state index in [0.717, 1.165) is 0 Å². The smallest absolute Gasteiger partial charge is 0.225 e. The summed E-state index contributed by atoms with van der Waals surface area (Å²) >= 11 is 5.59. The Balaban J connectivity index is 4.25. The van der Waals surface area contributed by atoms with Crippen LogP contribution < -0.4 is 11.1 Å². The van der Waals surface area contributed by atoms with Gasteiger partial charge in [-0.2, -0.15) is 0 Å². The lowest BCUT2D eigenvalue weighted by Crippen LogP contribution is -2.35. The molecule has 0 atom stereocenters. The van der Waals surface area contributed by atoms with E-state index in [1.165, 1.54) is 0 Å². The van der Waals surface area contributed by atoms with Crippen molar-refractivity contribution in [2.75, 3.05) is 6.54 Å². The molecule has 0 heterocycles. The highest BCUT2D eigenvalue weighted by Crippen LogP contribution is 2.13. The Morgan fingerprint density at radius 1 is 1.44 bits per heavy atom. The number of rotatable bonds is 4. The third-order valence-corrected chi connectivity index (χ3v) is 2.05. The van der Waals surface area contributed by atoms with Gasteiger partial charge in [-0.1, -0.05) is 45.5 Å². The van der Waals surface area contributed by atoms with Crippen LogP contribution in [0.2, 0.25) is 0 Å². The van der Waals surface area contributed by atoms with Crippen LogP contribution in [0.3, 0.4) is 0 Å². The normalized spacial score (nSPS) is 12.1. The number of nitrogens with two attached hydrogens (primary N) is 1. The Kier molecular flexibility index (Phi) is 5.31. The molecule has 0 aliphatic rings. The van der Waals surface area contributed by atoms with E-state index in [2.05, 4.69) is 18.5 Å². The Labute approximate surface area is 102 Å². The quantitative estimate of drug-likeness (QED) is 0.744. The van der Waals surface area contributed by atoms with Crippen LogP contribution in [0.25, 0.3) is 0 Å². The molecule has 1 amide bonds. The van der Waals surface area contributed by atoms with Crippen LogP contribution in [-0.4, -0.2) is 12.5 Å². The summed E-state index contributed by atoms with van der Waals surface area (Å²) in [6, 6.07) is 0. The van der Waals surface area contributed by atoms with Crippen molar-refractivity contribution in [2.24, 2.45) is 11.1 Å². The molecule has 3 N–H and O–H groups in total. The minimum Gasteiger partial charge on any atom is -0.398 e. The standard InChI is InChI=1S/C12H19ClN2O/c1-8(6-10(14)9(2)13)7-15-11(16)12(3,4)5/h6H,1-2,7,14H2,3-5H3,(H,15,16)/b10-6+. The second kappa shape index (κ2) is 5.75. The first-order chi connectivity index (χ1) is 7.14. The van der Waals surface area contributed by atoms with E-state index in [0.29, 0.717) is 17.8 Å². The van der Waals surface area contributed by atoms with Gasteiger partial charge in [-0.3, -0.25) is 4.79 Å². The van der Waals surface area contributed by atoms with E-state index in [-0.39, 0.29) is 10.9 Å². The van der Waals surface area contributed by atoms with Crippen LogP contribution in [-0.2, 0) is 4.79 Å². The number of carbonyl (C=O) groups is 1. The molecule has 16 heavy (non-hydrogen) atoms. The molecule has 0 fully saturated rings. The summed E-state index contributed by atoms with van der Waals surface area (Å²) in [5.74, 6) is -0.0367. The fourth-order valence-corrected chi connectivity index (χ4v) is 0.863. The molecule has 0 radical (unpaired) electrons. The summed E-state index contributed by atoms with van der Waals surface area (Å²) in [5, 5.41) is 3.02. The average molecular weight is 243 g/mol. The Hall–Kier alpha value is -1.22. The van der Waals surface area contributed by atoms with Gasteiger partial charge in [0.15, 0.2) is 0 Å². The van der Waals surface area contributed by atoms with Crippen LogP contribution >= 0.6 is 11.6 Å². The van der Waals surface area contributed by atoms with Gasteiger partial charge in [-0.15, -0.1) is 0 Å². The van der Waals surface area contributed by atoms with E-state index in [1.54, 1.807) is 6.08 Å². The molecule has 0 saturated carbocycles. The third-order valence-electron chi connectivity index (χ3n) is 1.83. The summed E-state index contributed by atoms with van der Waals surface area (Å²) in [4.78, 5) is 11.5. The first kappa shape index (κ1) is 14.8. The van der Waals surface area contributed by atoms with Crippen LogP contribution in [0.4, 0.5) is 0 Å². The van der Waals surface area contributed by atoms with Gasteiger partial charge < -0.3 is 11.1 Å². The average Bonchev–Trinajstić information content (AvgIpc) is 2.12. The Morgan fingerprint density at radius 2 is 1.94 bits per heavy atom. The van der Waals surface area contributed by atoms with Crippen molar-refractivity contribution in [3.8, 4) is 0 Å². The molecule has 3 nitrogen and oxygen atoms in total. The summed E-state index contributed by atoms with van der Waals surface area (Å²) in [5.41, 5.74) is 6.19. The minimum absolute atomic E-state index is 0.0367. The van der Waals surface area contributed by atoms with Crippen molar-refractivity contribution >= 4 is 17.5 Å². The predicted molar refractivity (Wildman–Crippen MR) is 68.9 cm³/mol. The predicted octanol–water partition coefficient (Wildman–Crippen LogP) is 2.30. The number of carbonyl (C=O) groups excluding carboxylic acids is 1. The maximum absolute atomic E-state index is 11.5. The maximum Gasteiger partial charge on any atom is 0.225 e. The number of hydrogen-bond donors (Lipinski definition) is 2. The van der Waals surface area contributed by atoms with Crippen molar-refractivity contribution in [1.82, 2.24) is 5.32 Å². The molecular weight excluding hydrogens is 224 g/mol. The van der Waals surface area contributed by atoms with Crippen LogP contribution in [0.1, 0.15) is 20.8 Å². The Morgan fingerprint density at radius 3 is 2.31 bits per heavy atom. The largest absolute Gasteiger partial charge is 0.398 e. The lowest BCUT2D eigenvalue weighted by atomic mass is 9.95. The minimum atomic E-state index is -0.411. The third kappa shape index (κ3) is 5.61. The number of nitrogens with one attached hydrogen (secondary N) is 1. The van der Waals surface area contributed by atoms with Gasteiger partial charge in [0.1, 0.15) is 0 Å². The zero-order valence-corrected chi connectivity index (χ0v) is 10.8. The van der Waals surface area contributed by atoms with Gasteiger partial charge in [0.2, 0.25) is 5.91 Å². The molecule has 0 aromatic carbocycles. The van der Waals surface area contributed by atoms with Crippen molar-refractivity contribution in [2.45, 2.75) is 20.8 Å². The molecule has 0 aliphatic heterocycles. The fourth-order valence-electron chi connectivity index (χ4n) is 0.808. The number of hydrogen-bond acceptors (Lipinski definition) is 2. The second-order valence-electron chi connectivity index (χ2n) is 4.60. The number of allylic oxidation sites excluding steroid dienone is 1. The maximum atomic E-state index is 11.5. The van der Waals surface area contributed by atoms with Gasteiger partial charge in [-0.05, 0) is 11.6 Å². The topological polar surface area (TPSA) is 55.1 Å². The van der Waals surface area contributed by atoms with Gasteiger partial charge in [0.05, 0.1) is 10.7 Å². The lowest BCUT2D eigenvalue weighted by molar-refractivity contribution is -0.128. The molecule has 0 aromatic rings. The van der Waals surface area contributed by atoms with Crippen molar-refractivity contribution in [1.29, 1.82) is 0 Å². The molecular formula is C12H19ClN2O. The van der Waals surface area contributed by atoms with Gasteiger partial charge >= 0.3 is 0 Å². The van der Waals surface area contributed by atoms with E-state index in [9.17, 15) is 4.79 Å². The highest BCUT2D eigenvalue weighted by Gasteiger charge is 2.20. The van der Waals surface area contributed by atoms with Gasteiger partial charge in [0, 0.05) is 12.0 Å². The van der Waals surface area contributed by atoms with Crippen molar-refractivity contribution < 1.29 is 4.79 Å². The molecule has 0 rings (SSSR count). The molecule has 0 aliphatic carbocycles. The monoisotopic (exact) mass is 242 g/mol. The van der Waals surface area contributed by atoms with Gasteiger partial charge in [-0.25, -0.2) is 0 Å². The summed E-state index contributed by atoms with van der Waals surface area (Å²) in [6.07, 6.45) is 1.60. The van der Waals surface area contributed by atoms with E-state index < -0.39 is 5.41 Å². The van der Waals surface area contributed by atoms with Crippen molar-refractivity contribution in [3.63, 3.8) is 0 Å². The molecule has 4 heteroatoms. The van der Waals surface area contributed by atoms with Crippen LogP contribution in [0.15, 0.2) is 35.5 Å². The molecule has 0 spiro atoms. The lowest BCUT2D eigenvalue weighted by Gasteiger charge is -2.17. The highest BCUT2D eigenvalue weighted by atomic mass is 35.5. The van der Waals surface area contributed by atoms with E-state index in [4.69, 9.17) is 17.3 Å². The van der Waals surface area contributed by atoms with Crippen molar-refractivity contribution in [3.05, 3.63) is 35.5 Å². The molecule has 0 saturated heterocycles. The summed E-state index contributed by atoms with van der Waals surface area (Å²) < 4.78 is 0. The SMILES string of the molecule is C=C(/C=C(/N)C(=C)Cl)CNC(=O)C(C)(C)C. The van der Waals surface area contributed by atoms with Crippen LogP contribution in [0, 0.1) is 5.41 Å². The molecule has 90 valence electrons. The summed E-state index contributed by atoms with van der Waals surface area (Å²) in [7, 11) is 0. The zero-order valence-electron chi connectivity index (χ0n) is 10.1. The highest BCUT2D eigenvalue weighted by molar-refractivity contribution is 6.31. The van der Waals surface area contributed by atoms with Gasteiger partial charge in [0.25, 0.3) is 0 Å². The summed E-state index contributed by atoms with van der Waals surface area (Å²) in [6.45, 7) is 13.1. The fraction of sp³-hybridized carbons (Fsp3) is 0.417.